The van der Waals surface area contributed by atoms with E-state index < -0.39 is 9.84 Å². The third-order valence-corrected chi connectivity index (χ3v) is 5.94. The first-order chi connectivity index (χ1) is 13.5. The lowest BCUT2D eigenvalue weighted by Crippen LogP contribution is -2.09. The molecule has 0 aliphatic carbocycles. The van der Waals surface area contributed by atoms with Gasteiger partial charge in [-0.1, -0.05) is 30.3 Å². The van der Waals surface area contributed by atoms with Gasteiger partial charge >= 0.3 is 0 Å². The summed E-state index contributed by atoms with van der Waals surface area (Å²) in [6.45, 7) is 0. The molecule has 1 aliphatic rings. The van der Waals surface area contributed by atoms with Crippen molar-refractivity contribution >= 4 is 21.2 Å². The van der Waals surface area contributed by atoms with Crippen LogP contribution in [0.25, 0.3) is 11.3 Å². The lowest BCUT2D eigenvalue weighted by molar-refractivity contribution is 0.414. The molecule has 3 aromatic rings. The molecule has 0 spiro atoms. The summed E-state index contributed by atoms with van der Waals surface area (Å²) in [6, 6.07) is 22.6. The lowest BCUT2D eigenvalue weighted by Gasteiger charge is -2.24. The highest BCUT2D eigenvalue weighted by Crippen LogP contribution is 2.39. The van der Waals surface area contributed by atoms with E-state index in [1.54, 1.807) is 31.4 Å². The fraction of sp³-hybridized carbons (Fsp3) is 0.130. The van der Waals surface area contributed by atoms with E-state index in [0.29, 0.717) is 4.90 Å². The zero-order chi connectivity index (χ0) is 19.7. The molecule has 4 rings (SSSR count). The summed E-state index contributed by atoms with van der Waals surface area (Å²) >= 11 is 0. The summed E-state index contributed by atoms with van der Waals surface area (Å²) in [5, 5.41) is 0. The highest BCUT2D eigenvalue weighted by atomic mass is 32.2. The van der Waals surface area contributed by atoms with Gasteiger partial charge < -0.3 is 9.47 Å². The predicted octanol–water partition coefficient (Wildman–Crippen LogP) is 4.60. The van der Waals surface area contributed by atoms with Crippen molar-refractivity contribution in [2.24, 2.45) is 0 Å². The number of benzene rings is 3. The maximum atomic E-state index is 11.8. The number of sulfone groups is 1. The minimum Gasteiger partial charge on any atom is -0.497 e. The van der Waals surface area contributed by atoms with Crippen LogP contribution in [0.1, 0.15) is 16.7 Å². The number of methoxy groups -OCH3 is 1. The molecule has 0 amide bonds. The molecule has 0 saturated heterocycles. The van der Waals surface area contributed by atoms with E-state index in [9.17, 15) is 8.42 Å². The molecule has 0 atom stereocenters. The third kappa shape index (κ3) is 3.53. The van der Waals surface area contributed by atoms with Gasteiger partial charge in [0.05, 0.1) is 12.0 Å². The van der Waals surface area contributed by atoms with Gasteiger partial charge in [-0.3, -0.25) is 0 Å². The summed E-state index contributed by atoms with van der Waals surface area (Å²) < 4.78 is 35.1. The van der Waals surface area contributed by atoms with Crippen LogP contribution in [0.15, 0.2) is 77.7 Å². The predicted molar refractivity (Wildman–Crippen MR) is 110 cm³/mol. The molecule has 0 saturated carbocycles. The molecule has 0 aromatic heterocycles. The molecular formula is C23H20O4S. The quantitative estimate of drug-likeness (QED) is 0.651. The van der Waals surface area contributed by atoms with Crippen molar-refractivity contribution in [3.8, 4) is 11.5 Å². The Hall–Kier alpha value is -3.05. The fourth-order valence-electron chi connectivity index (χ4n) is 3.30. The highest BCUT2D eigenvalue weighted by Gasteiger charge is 2.22. The van der Waals surface area contributed by atoms with Gasteiger partial charge in [0.1, 0.15) is 17.3 Å². The van der Waals surface area contributed by atoms with E-state index in [4.69, 9.17) is 9.47 Å². The van der Waals surface area contributed by atoms with Gasteiger partial charge in [0.15, 0.2) is 9.84 Å². The van der Waals surface area contributed by atoms with E-state index >= 15 is 0 Å². The van der Waals surface area contributed by atoms with E-state index in [2.05, 4.69) is 6.07 Å². The van der Waals surface area contributed by atoms with Crippen molar-refractivity contribution in [3.63, 3.8) is 0 Å². The second-order valence-corrected chi connectivity index (χ2v) is 8.74. The number of hydrogen-bond donors (Lipinski definition) is 0. The van der Waals surface area contributed by atoms with Gasteiger partial charge in [0.25, 0.3) is 0 Å². The minimum atomic E-state index is -3.24. The number of allylic oxidation sites excluding steroid dienone is 1. The van der Waals surface area contributed by atoms with Gasteiger partial charge in [0.2, 0.25) is 0 Å². The van der Waals surface area contributed by atoms with Crippen molar-refractivity contribution in [2.45, 2.75) is 11.3 Å². The van der Waals surface area contributed by atoms with E-state index in [1.807, 2.05) is 42.5 Å². The molecule has 0 unspecified atom stereocenters. The molecule has 0 N–H and O–H groups in total. The lowest BCUT2D eigenvalue weighted by atomic mass is 9.92. The molecule has 1 aliphatic heterocycles. The van der Waals surface area contributed by atoms with E-state index in [0.717, 1.165) is 45.9 Å². The summed E-state index contributed by atoms with van der Waals surface area (Å²) in [7, 11) is -1.60. The monoisotopic (exact) mass is 392 g/mol. The Kier molecular flexibility index (Phi) is 4.69. The van der Waals surface area contributed by atoms with Gasteiger partial charge in [-0.2, -0.15) is 0 Å². The second kappa shape index (κ2) is 7.17. The average Bonchev–Trinajstić information content (AvgIpc) is 2.72. The molecule has 4 nitrogen and oxygen atoms in total. The van der Waals surface area contributed by atoms with Gasteiger partial charge in [-0.15, -0.1) is 0 Å². The van der Waals surface area contributed by atoms with Crippen molar-refractivity contribution in [1.29, 1.82) is 0 Å². The Balaban J connectivity index is 1.83. The Morgan fingerprint density at radius 2 is 1.50 bits per heavy atom. The Morgan fingerprint density at radius 3 is 2.14 bits per heavy atom. The van der Waals surface area contributed by atoms with Crippen LogP contribution >= 0.6 is 0 Å². The fourth-order valence-corrected chi connectivity index (χ4v) is 3.93. The maximum absolute atomic E-state index is 11.8. The summed E-state index contributed by atoms with van der Waals surface area (Å²) in [5.74, 6) is 2.35. The van der Waals surface area contributed by atoms with Crippen LogP contribution in [0, 0.1) is 0 Å². The normalized spacial score (nSPS) is 13.6. The van der Waals surface area contributed by atoms with Crippen LogP contribution in [-0.4, -0.2) is 21.8 Å². The second-order valence-electron chi connectivity index (χ2n) is 6.72. The van der Waals surface area contributed by atoms with Crippen molar-refractivity contribution < 1.29 is 17.9 Å². The van der Waals surface area contributed by atoms with Crippen molar-refractivity contribution in [3.05, 3.63) is 89.5 Å². The maximum Gasteiger partial charge on any atom is 0.175 e. The number of hydrogen-bond acceptors (Lipinski definition) is 4. The SMILES string of the molecule is COc1ccc(C2=C(c3ccc(S(C)(=O)=O)cc3)Oc3ccccc3C2)cc1. The van der Waals surface area contributed by atoms with Crippen LogP contribution in [-0.2, 0) is 16.3 Å². The van der Waals surface area contributed by atoms with Gasteiger partial charge in [-0.05, 0) is 53.6 Å². The van der Waals surface area contributed by atoms with Crippen LogP contribution in [0.5, 0.6) is 11.5 Å². The Bertz CT molecular complexity index is 1140. The van der Waals surface area contributed by atoms with Gasteiger partial charge in [-0.25, -0.2) is 8.42 Å². The highest BCUT2D eigenvalue weighted by molar-refractivity contribution is 7.90. The number of ether oxygens (including phenoxy) is 2. The molecule has 5 heteroatoms. The largest absolute Gasteiger partial charge is 0.497 e. The third-order valence-electron chi connectivity index (χ3n) is 4.81. The number of fused-ring (bicyclic) bond motifs is 1. The van der Waals surface area contributed by atoms with Crippen LogP contribution in [0.3, 0.4) is 0 Å². The first-order valence-corrected chi connectivity index (χ1v) is 10.8. The Labute approximate surface area is 165 Å². The van der Waals surface area contributed by atoms with Crippen molar-refractivity contribution in [2.75, 3.05) is 13.4 Å². The first-order valence-electron chi connectivity index (χ1n) is 8.89. The zero-order valence-electron chi connectivity index (χ0n) is 15.7. The molecule has 3 aromatic carbocycles. The molecule has 142 valence electrons. The molecule has 0 fully saturated rings. The van der Waals surface area contributed by atoms with E-state index in [-0.39, 0.29) is 0 Å². The van der Waals surface area contributed by atoms with Crippen LogP contribution < -0.4 is 9.47 Å². The Morgan fingerprint density at radius 1 is 0.857 bits per heavy atom. The summed E-state index contributed by atoms with van der Waals surface area (Å²) in [6.07, 6.45) is 1.93. The van der Waals surface area contributed by atoms with Crippen LogP contribution in [0.2, 0.25) is 0 Å². The molecule has 28 heavy (non-hydrogen) atoms. The smallest absolute Gasteiger partial charge is 0.175 e. The van der Waals surface area contributed by atoms with Crippen LogP contribution in [0.4, 0.5) is 0 Å². The topological polar surface area (TPSA) is 52.6 Å². The first kappa shape index (κ1) is 18.3. The molecule has 0 radical (unpaired) electrons. The molecule has 0 bridgehead atoms. The number of para-hydroxylation sites is 1. The van der Waals surface area contributed by atoms with Gasteiger partial charge in [0, 0.05) is 23.8 Å². The molecular weight excluding hydrogens is 372 g/mol. The van der Waals surface area contributed by atoms with E-state index in [1.165, 1.54) is 6.26 Å². The zero-order valence-corrected chi connectivity index (χ0v) is 16.5. The average molecular weight is 392 g/mol. The minimum absolute atomic E-state index is 0.291. The standard InChI is InChI=1S/C23H20O4S/c1-26-19-11-7-16(8-12-19)21-15-18-5-3-4-6-22(18)27-23(21)17-9-13-20(14-10-17)28(2,24)25/h3-14H,15H2,1-2H3. The molecule has 1 heterocycles. The summed E-state index contributed by atoms with van der Waals surface area (Å²) in [5.41, 5.74) is 4.04. The number of rotatable bonds is 4. The summed E-state index contributed by atoms with van der Waals surface area (Å²) in [4.78, 5) is 0.291. The van der Waals surface area contributed by atoms with Crippen molar-refractivity contribution in [1.82, 2.24) is 0 Å².